The molecule has 1 fully saturated rings. The second kappa shape index (κ2) is 6.06. The molecular formula is C16H20ClNO3. The van der Waals surface area contributed by atoms with E-state index in [1.54, 1.807) is 25.1 Å². The summed E-state index contributed by atoms with van der Waals surface area (Å²) in [4.78, 5) is 24.1. The van der Waals surface area contributed by atoms with E-state index in [4.69, 9.17) is 11.6 Å². The summed E-state index contributed by atoms with van der Waals surface area (Å²) in [7, 11) is 0. The highest BCUT2D eigenvalue weighted by molar-refractivity contribution is 6.30. The van der Waals surface area contributed by atoms with Gasteiger partial charge in [-0.3, -0.25) is 4.79 Å². The first-order chi connectivity index (χ1) is 9.84. The molecule has 1 amide bonds. The predicted molar refractivity (Wildman–Crippen MR) is 81.7 cm³/mol. The molecule has 1 aromatic carbocycles. The van der Waals surface area contributed by atoms with Crippen LogP contribution in [-0.2, 0) is 4.79 Å². The van der Waals surface area contributed by atoms with E-state index in [0.717, 1.165) is 18.4 Å². The smallest absolute Gasteiger partial charge is 0.329 e. The SMILES string of the molecule is Cc1cc(Cl)ccc1C(=O)NC1(C(=O)O)CCCC(C)C1. The van der Waals surface area contributed by atoms with Crippen LogP contribution in [0.4, 0.5) is 0 Å². The summed E-state index contributed by atoms with van der Waals surface area (Å²) in [6.45, 7) is 3.81. The van der Waals surface area contributed by atoms with E-state index in [1.165, 1.54) is 0 Å². The van der Waals surface area contributed by atoms with E-state index >= 15 is 0 Å². The standard InChI is InChI=1S/C16H20ClNO3/c1-10-4-3-7-16(9-10,15(20)21)18-14(19)13-6-5-12(17)8-11(13)2/h5-6,8,10H,3-4,7,9H2,1-2H3,(H,18,19)(H,20,21). The minimum atomic E-state index is -1.15. The van der Waals surface area contributed by atoms with Gasteiger partial charge in [-0.2, -0.15) is 0 Å². The summed E-state index contributed by atoms with van der Waals surface area (Å²) < 4.78 is 0. The number of halogens is 1. The molecule has 0 spiro atoms. The maximum atomic E-state index is 12.4. The Morgan fingerprint density at radius 2 is 2.14 bits per heavy atom. The second-order valence-electron chi connectivity index (χ2n) is 6.00. The Bertz CT molecular complexity index is 573. The third-order valence-corrected chi connectivity index (χ3v) is 4.43. The molecule has 4 nitrogen and oxygen atoms in total. The van der Waals surface area contributed by atoms with Crippen molar-refractivity contribution in [3.8, 4) is 0 Å². The number of benzene rings is 1. The second-order valence-corrected chi connectivity index (χ2v) is 6.44. The molecule has 5 heteroatoms. The molecule has 21 heavy (non-hydrogen) atoms. The topological polar surface area (TPSA) is 66.4 Å². The van der Waals surface area contributed by atoms with Gasteiger partial charge in [-0.05, 0) is 49.4 Å². The van der Waals surface area contributed by atoms with Crippen LogP contribution in [0.5, 0.6) is 0 Å². The molecule has 1 aromatic rings. The number of hydrogen-bond acceptors (Lipinski definition) is 2. The van der Waals surface area contributed by atoms with Crippen LogP contribution >= 0.6 is 11.6 Å². The molecule has 0 bridgehead atoms. The van der Waals surface area contributed by atoms with Crippen LogP contribution in [0.1, 0.15) is 48.5 Å². The van der Waals surface area contributed by atoms with E-state index in [9.17, 15) is 14.7 Å². The number of carbonyl (C=O) groups excluding carboxylic acids is 1. The molecular weight excluding hydrogens is 290 g/mol. The summed E-state index contributed by atoms with van der Waals surface area (Å²) in [6.07, 6.45) is 2.77. The lowest BCUT2D eigenvalue weighted by Gasteiger charge is -2.37. The number of rotatable bonds is 3. The monoisotopic (exact) mass is 309 g/mol. The Morgan fingerprint density at radius 1 is 1.43 bits per heavy atom. The molecule has 0 heterocycles. The molecule has 1 aliphatic rings. The molecule has 0 saturated heterocycles. The van der Waals surface area contributed by atoms with Crippen LogP contribution in [0.15, 0.2) is 18.2 Å². The molecule has 1 aliphatic carbocycles. The van der Waals surface area contributed by atoms with Crippen molar-refractivity contribution >= 4 is 23.5 Å². The molecule has 2 atom stereocenters. The first kappa shape index (κ1) is 15.8. The van der Waals surface area contributed by atoms with Gasteiger partial charge in [0.05, 0.1) is 0 Å². The van der Waals surface area contributed by atoms with Crippen molar-refractivity contribution < 1.29 is 14.7 Å². The van der Waals surface area contributed by atoms with Gasteiger partial charge in [0.25, 0.3) is 5.91 Å². The van der Waals surface area contributed by atoms with Crippen molar-refractivity contribution in [3.63, 3.8) is 0 Å². The summed E-state index contributed by atoms with van der Waals surface area (Å²) in [5.41, 5.74) is 0.0588. The number of aryl methyl sites for hydroxylation is 1. The fraction of sp³-hybridized carbons (Fsp3) is 0.500. The third kappa shape index (κ3) is 3.38. The van der Waals surface area contributed by atoms with E-state index in [-0.39, 0.29) is 5.91 Å². The van der Waals surface area contributed by atoms with Gasteiger partial charge in [0, 0.05) is 10.6 Å². The molecule has 114 valence electrons. The average Bonchev–Trinajstić information content (AvgIpc) is 2.38. The Morgan fingerprint density at radius 3 is 2.71 bits per heavy atom. The number of nitrogens with one attached hydrogen (secondary N) is 1. The van der Waals surface area contributed by atoms with Gasteiger partial charge < -0.3 is 10.4 Å². The van der Waals surface area contributed by atoms with Crippen molar-refractivity contribution in [2.75, 3.05) is 0 Å². The fourth-order valence-corrected chi connectivity index (χ4v) is 3.31. The van der Waals surface area contributed by atoms with Gasteiger partial charge in [-0.15, -0.1) is 0 Å². The van der Waals surface area contributed by atoms with Gasteiger partial charge >= 0.3 is 5.97 Å². The van der Waals surface area contributed by atoms with E-state index < -0.39 is 11.5 Å². The Kier molecular flexibility index (Phi) is 4.57. The Labute approximate surface area is 129 Å². The molecule has 2 N–H and O–H groups in total. The summed E-state index contributed by atoms with van der Waals surface area (Å²) in [6, 6.07) is 4.97. The molecule has 2 unspecified atom stereocenters. The zero-order valence-corrected chi connectivity index (χ0v) is 13.0. The first-order valence-corrected chi connectivity index (χ1v) is 7.54. The van der Waals surface area contributed by atoms with E-state index in [1.807, 2.05) is 6.92 Å². The number of carboxylic acids is 1. The largest absolute Gasteiger partial charge is 0.480 e. The van der Waals surface area contributed by atoms with Crippen LogP contribution in [-0.4, -0.2) is 22.5 Å². The minimum absolute atomic E-state index is 0.293. The lowest BCUT2D eigenvalue weighted by Crippen LogP contribution is -2.56. The third-order valence-electron chi connectivity index (χ3n) is 4.19. The van der Waals surface area contributed by atoms with Crippen LogP contribution in [0.2, 0.25) is 5.02 Å². The maximum absolute atomic E-state index is 12.4. The highest BCUT2D eigenvalue weighted by Crippen LogP contribution is 2.33. The van der Waals surface area contributed by atoms with Gasteiger partial charge in [0.1, 0.15) is 5.54 Å². The minimum Gasteiger partial charge on any atom is -0.480 e. The number of carboxylic acid groups (broad SMARTS) is 1. The van der Waals surface area contributed by atoms with Gasteiger partial charge in [-0.1, -0.05) is 31.4 Å². The molecule has 1 saturated carbocycles. The zero-order chi connectivity index (χ0) is 15.6. The molecule has 0 radical (unpaired) electrons. The average molecular weight is 310 g/mol. The van der Waals surface area contributed by atoms with Gasteiger partial charge in [0.15, 0.2) is 0 Å². The van der Waals surface area contributed by atoms with Crippen molar-refractivity contribution in [2.24, 2.45) is 5.92 Å². The van der Waals surface area contributed by atoms with Gasteiger partial charge in [-0.25, -0.2) is 4.79 Å². The van der Waals surface area contributed by atoms with Crippen molar-refractivity contribution in [1.29, 1.82) is 0 Å². The predicted octanol–water partition coefficient (Wildman–Crippen LogP) is 3.41. The number of amides is 1. The van der Waals surface area contributed by atoms with Crippen molar-refractivity contribution in [1.82, 2.24) is 5.32 Å². The lowest BCUT2D eigenvalue weighted by molar-refractivity contribution is -0.146. The molecule has 2 rings (SSSR count). The maximum Gasteiger partial charge on any atom is 0.329 e. The number of aliphatic carboxylic acids is 1. The summed E-state index contributed by atoms with van der Waals surface area (Å²) in [5, 5.41) is 12.9. The van der Waals surface area contributed by atoms with E-state index in [0.29, 0.717) is 29.3 Å². The fourth-order valence-electron chi connectivity index (χ4n) is 3.08. The number of hydrogen-bond donors (Lipinski definition) is 2. The molecule has 0 aliphatic heterocycles. The lowest BCUT2D eigenvalue weighted by atomic mass is 9.76. The van der Waals surface area contributed by atoms with Gasteiger partial charge in [0.2, 0.25) is 0 Å². The Hall–Kier alpha value is -1.55. The first-order valence-electron chi connectivity index (χ1n) is 7.16. The Balaban J connectivity index is 2.24. The normalized spacial score (nSPS) is 25.4. The molecule has 0 aromatic heterocycles. The van der Waals surface area contributed by atoms with Crippen LogP contribution in [0.3, 0.4) is 0 Å². The zero-order valence-electron chi connectivity index (χ0n) is 12.3. The highest BCUT2D eigenvalue weighted by atomic mass is 35.5. The highest BCUT2D eigenvalue weighted by Gasteiger charge is 2.43. The number of carbonyl (C=O) groups is 2. The van der Waals surface area contributed by atoms with Crippen LogP contribution in [0, 0.1) is 12.8 Å². The summed E-state index contributed by atoms with van der Waals surface area (Å²) in [5.74, 6) is -1.00. The van der Waals surface area contributed by atoms with E-state index in [2.05, 4.69) is 5.32 Å². The quantitative estimate of drug-likeness (QED) is 0.899. The van der Waals surface area contributed by atoms with Crippen molar-refractivity contribution in [2.45, 2.75) is 45.1 Å². The van der Waals surface area contributed by atoms with Crippen LogP contribution < -0.4 is 5.32 Å². The summed E-state index contributed by atoms with van der Waals surface area (Å²) >= 11 is 5.88. The van der Waals surface area contributed by atoms with Crippen molar-refractivity contribution in [3.05, 3.63) is 34.3 Å². The van der Waals surface area contributed by atoms with Crippen LogP contribution in [0.25, 0.3) is 0 Å².